The number of anilines is 1. The van der Waals surface area contributed by atoms with Crippen LogP contribution in [-0.2, 0) is 0 Å². The Kier molecular flexibility index (Phi) is 4.18. The molecule has 1 atom stereocenters. The van der Waals surface area contributed by atoms with Gasteiger partial charge in [0.25, 0.3) is 0 Å². The zero-order valence-corrected chi connectivity index (χ0v) is 11.2. The van der Waals surface area contributed by atoms with Crippen LogP contribution in [0.2, 0.25) is 0 Å². The van der Waals surface area contributed by atoms with E-state index in [1.54, 1.807) is 6.20 Å². The number of hydrogen-bond donors (Lipinski definition) is 1. The van der Waals surface area contributed by atoms with E-state index in [0.29, 0.717) is 6.04 Å². The van der Waals surface area contributed by atoms with E-state index >= 15 is 0 Å². The number of halogens is 1. The van der Waals surface area contributed by atoms with Gasteiger partial charge in [-0.3, -0.25) is 9.88 Å². The molecule has 88 valence electrons. The maximum absolute atomic E-state index is 4.14. The Morgan fingerprint density at radius 1 is 1.44 bits per heavy atom. The van der Waals surface area contributed by atoms with Crippen LogP contribution >= 0.6 is 15.9 Å². The van der Waals surface area contributed by atoms with Crippen molar-refractivity contribution in [3.63, 3.8) is 0 Å². The van der Waals surface area contributed by atoms with E-state index in [2.05, 4.69) is 44.1 Å². The summed E-state index contributed by atoms with van der Waals surface area (Å²) in [5.74, 6) is 0. The minimum absolute atomic E-state index is 0.599. The molecule has 0 aliphatic carbocycles. The summed E-state index contributed by atoms with van der Waals surface area (Å²) in [5, 5.41) is 3.43. The molecule has 3 nitrogen and oxygen atoms in total. The van der Waals surface area contributed by atoms with Gasteiger partial charge in [0.1, 0.15) is 0 Å². The molecule has 1 aliphatic heterocycles. The number of aromatic nitrogens is 1. The first-order valence-corrected chi connectivity index (χ1v) is 6.63. The van der Waals surface area contributed by atoms with Crippen molar-refractivity contribution in [1.29, 1.82) is 0 Å². The Morgan fingerprint density at radius 2 is 2.19 bits per heavy atom. The Hall–Kier alpha value is -0.610. The molecule has 4 heteroatoms. The van der Waals surface area contributed by atoms with E-state index in [4.69, 9.17) is 0 Å². The van der Waals surface area contributed by atoms with Gasteiger partial charge in [-0.05, 0) is 54.9 Å². The summed E-state index contributed by atoms with van der Waals surface area (Å²) in [6.45, 7) is 5.76. The lowest BCUT2D eigenvalue weighted by atomic mass is 10.3. The minimum atomic E-state index is 0.599. The van der Waals surface area contributed by atoms with E-state index in [9.17, 15) is 0 Å². The third kappa shape index (κ3) is 3.19. The van der Waals surface area contributed by atoms with Crippen LogP contribution in [-0.4, -0.2) is 35.6 Å². The lowest BCUT2D eigenvalue weighted by molar-refractivity contribution is 0.269. The van der Waals surface area contributed by atoms with E-state index in [-0.39, 0.29) is 0 Å². The Morgan fingerprint density at radius 3 is 2.88 bits per heavy atom. The van der Waals surface area contributed by atoms with E-state index in [1.165, 1.54) is 25.9 Å². The molecule has 0 spiro atoms. The first kappa shape index (κ1) is 11.9. The van der Waals surface area contributed by atoms with Crippen molar-refractivity contribution >= 4 is 21.6 Å². The van der Waals surface area contributed by atoms with Crippen molar-refractivity contribution in [2.75, 3.05) is 25.0 Å². The highest BCUT2D eigenvalue weighted by Gasteiger charge is 2.17. The lowest BCUT2D eigenvalue weighted by Gasteiger charge is -2.24. The van der Waals surface area contributed by atoms with Gasteiger partial charge >= 0.3 is 0 Å². The molecule has 2 heterocycles. The highest BCUT2D eigenvalue weighted by molar-refractivity contribution is 9.10. The Bertz CT molecular complexity index is 337. The molecular formula is C12H18BrN3. The normalized spacial score (nSPS) is 18.6. The number of hydrogen-bond acceptors (Lipinski definition) is 3. The zero-order valence-electron chi connectivity index (χ0n) is 9.62. The van der Waals surface area contributed by atoms with Gasteiger partial charge in [-0.25, -0.2) is 0 Å². The maximum Gasteiger partial charge on any atom is 0.0538 e. The molecule has 0 saturated carbocycles. The summed E-state index contributed by atoms with van der Waals surface area (Å²) >= 11 is 3.42. The van der Waals surface area contributed by atoms with Crippen LogP contribution in [0.15, 0.2) is 22.9 Å². The van der Waals surface area contributed by atoms with E-state index in [0.717, 1.165) is 16.7 Å². The average molecular weight is 284 g/mol. The predicted molar refractivity (Wildman–Crippen MR) is 70.7 cm³/mol. The third-order valence-corrected chi connectivity index (χ3v) is 3.50. The second-order valence-electron chi connectivity index (χ2n) is 4.36. The van der Waals surface area contributed by atoms with Crippen molar-refractivity contribution in [2.24, 2.45) is 0 Å². The quantitative estimate of drug-likeness (QED) is 0.921. The fourth-order valence-electron chi connectivity index (χ4n) is 2.09. The smallest absolute Gasteiger partial charge is 0.0538 e. The summed E-state index contributed by atoms with van der Waals surface area (Å²) in [7, 11) is 0. The largest absolute Gasteiger partial charge is 0.382 e. The van der Waals surface area contributed by atoms with Crippen molar-refractivity contribution in [1.82, 2.24) is 9.88 Å². The molecule has 1 aromatic rings. The second-order valence-corrected chi connectivity index (χ2v) is 5.28. The van der Waals surface area contributed by atoms with Crippen LogP contribution in [0.3, 0.4) is 0 Å². The number of nitrogens with one attached hydrogen (secondary N) is 1. The molecule has 1 aromatic heterocycles. The SMILES string of the molecule is CC(CNc1cncc(Br)c1)N1CCCC1. The molecule has 0 aromatic carbocycles. The van der Waals surface area contributed by atoms with Crippen LogP contribution in [0, 0.1) is 0 Å². The average Bonchev–Trinajstić information content (AvgIpc) is 2.79. The van der Waals surface area contributed by atoms with Crippen LogP contribution < -0.4 is 5.32 Å². The van der Waals surface area contributed by atoms with Crippen molar-refractivity contribution in [3.05, 3.63) is 22.9 Å². The molecule has 1 saturated heterocycles. The van der Waals surface area contributed by atoms with Crippen LogP contribution in [0.25, 0.3) is 0 Å². The van der Waals surface area contributed by atoms with Crippen molar-refractivity contribution in [2.45, 2.75) is 25.8 Å². The number of nitrogens with zero attached hydrogens (tertiary/aromatic N) is 2. The van der Waals surface area contributed by atoms with Gasteiger partial charge in [-0.15, -0.1) is 0 Å². The molecular weight excluding hydrogens is 266 g/mol. The molecule has 0 amide bonds. The molecule has 1 aliphatic rings. The lowest BCUT2D eigenvalue weighted by Crippen LogP contribution is -2.35. The summed E-state index contributed by atoms with van der Waals surface area (Å²) in [4.78, 5) is 6.68. The highest BCUT2D eigenvalue weighted by Crippen LogP contribution is 2.15. The van der Waals surface area contributed by atoms with Gasteiger partial charge in [-0.1, -0.05) is 0 Å². The second kappa shape index (κ2) is 5.64. The Balaban J connectivity index is 1.82. The number of rotatable bonds is 4. The van der Waals surface area contributed by atoms with Crippen LogP contribution in [0.5, 0.6) is 0 Å². The number of pyridine rings is 1. The van der Waals surface area contributed by atoms with Crippen LogP contribution in [0.4, 0.5) is 5.69 Å². The first-order valence-electron chi connectivity index (χ1n) is 5.84. The van der Waals surface area contributed by atoms with Gasteiger partial charge in [0.2, 0.25) is 0 Å². The standard InChI is InChI=1S/C12H18BrN3/c1-10(16-4-2-3-5-16)7-15-12-6-11(13)8-14-9-12/h6,8-10,15H,2-5,7H2,1H3. The van der Waals surface area contributed by atoms with E-state index in [1.807, 2.05) is 6.20 Å². The van der Waals surface area contributed by atoms with Gasteiger partial charge in [0, 0.05) is 23.3 Å². The summed E-state index contributed by atoms with van der Waals surface area (Å²) in [5.41, 5.74) is 1.08. The molecule has 16 heavy (non-hydrogen) atoms. The van der Waals surface area contributed by atoms with Gasteiger partial charge in [0.15, 0.2) is 0 Å². The summed E-state index contributed by atoms with van der Waals surface area (Å²) in [6.07, 6.45) is 6.36. The molecule has 1 N–H and O–H groups in total. The zero-order chi connectivity index (χ0) is 11.4. The summed E-state index contributed by atoms with van der Waals surface area (Å²) < 4.78 is 1.02. The molecule has 0 radical (unpaired) electrons. The maximum atomic E-state index is 4.14. The molecule has 1 unspecified atom stereocenters. The topological polar surface area (TPSA) is 28.2 Å². The van der Waals surface area contributed by atoms with Crippen LogP contribution in [0.1, 0.15) is 19.8 Å². The molecule has 0 bridgehead atoms. The molecule has 1 fully saturated rings. The van der Waals surface area contributed by atoms with Gasteiger partial charge < -0.3 is 5.32 Å². The van der Waals surface area contributed by atoms with Crippen molar-refractivity contribution < 1.29 is 0 Å². The fourth-order valence-corrected chi connectivity index (χ4v) is 2.45. The predicted octanol–water partition coefficient (Wildman–Crippen LogP) is 2.74. The highest BCUT2D eigenvalue weighted by atomic mass is 79.9. The first-order chi connectivity index (χ1) is 7.75. The van der Waals surface area contributed by atoms with Gasteiger partial charge in [-0.2, -0.15) is 0 Å². The van der Waals surface area contributed by atoms with E-state index < -0.39 is 0 Å². The fraction of sp³-hybridized carbons (Fsp3) is 0.583. The monoisotopic (exact) mass is 283 g/mol. The Labute approximate surface area is 105 Å². The minimum Gasteiger partial charge on any atom is -0.382 e. The van der Waals surface area contributed by atoms with Crippen molar-refractivity contribution in [3.8, 4) is 0 Å². The summed E-state index contributed by atoms with van der Waals surface area (Å²) in [6, 6.07) is 2.66. The molecule has 2 rings (SSSR count). The van der Waals surface area contributed by atoms with Gasteiger partial charge in [0.05, 0.1) is 11.9 Å². The third-order valence-electron chi connectivity index (χ3n) is 3.07. The number of likely N-dealkylation sites (tertiary alicyclic amines) is 1.